The average Bonchev–Trinajstić information content (AvgIpc) is 2.30. The van der Waals surface area contributed by atoms with Gasteiger partial charge in [-0.1, -0.05) is 46.3 Å². The lowest BCUT2D eigenvalue weighted by atomic mass is 10.1. The summed E-state index contributed by atoms with van der Waals surface area (Å²) in [5.74, 6) is 0.507. The lowest BCUT2D eigenvalue weighted by Gasteiger charge is -2.25. The molecule has 0 heterocycles. The number of alkyl halides is 2. The van der Waals surface area contributed by atoms with E-state index in [0.29, 0.717) is 12.5 Å². The first-order valence-corrected chi connectivity index (χ1v) is 6.65. The molecule has 0 bridgehead atoms. The standard InChI is InChI=1S/C12H16BrClO/c1-12(9-13,10-14)15-8-7-11-5-3-2-4-6-11/h2-6H,7-10H2,1H3. The van der Waals surface area contributed by atoms with E-state index in [9.17, 15) is 0 Å². The molecule has 0 amide bonds. The van der Waals surface area contributed by atoms with Crippen LogP contribution in [0.25, 0.3) is 0 Å². The van der Waals surface area contributed by atoms with Crippen LogP contribution < -0.4 is 0 Å². The van der Waals surface area contributed by atoms with Gasteiger partial charge in [-0.3, -0.25) is 0 Å². The molecule has 0 saturated carbocycles. The van der Waals surface area contributed by atoms with Crippen molar-refractivity contribution >= 4 is 27.5 Å². The van der Waals surface area contributed by atoms with Gasteiger partial charge in [0, 0.05) is 5.33 Å². The first kappa shape index (κ1) is 13.0. The third-order valence-electron chi connectivity index (χ3n) is 2.25. The summed E-state index contributed by atoms with van der Waals surface area (Å²) in [5.41, 5.74) is 1.04. The summed E-state index contributed by atoms with van der Waals surface area (Å²) in [5, 5.41) is 0.762. The number of rotatable bonds is 6. The van der Waals surface area contributed by atoms with Gasteiger partial charge in [-0.05, 0) is 18.9 Å². The third-order valence-corrected chi connectivity index (χ3v) is 4.00. The van der Waals surface area contributed by atoms with Crippen LogP contribution >= 0.6 is 27.5 Å². The molecule has 1 nitrogen and oxygen atoms in total. The van der Waals surface area contributed by atoms with Crippen molar-refractivity contribution in [3.8, 4) is 0 Å². The van der Waals surface area contributed by atoms with Gasteiger partial charge in [0.1, 0.15) is 0 Å². The molecule has 1 unspecified atom stereocenters. The van der Waals surface area contributed by atoms with Crippen LogP contribution in [-0.4, -0.2) is 23.4 Å². The largest absolute Gasteiger partial charge is 0.373 e. The molecular formula is C12H16BrClO. The van der Waals surface area contributed by atoms with Crippen molar-refractivity contribution in [3.05, 3.63) is 35.9 Å². The summed E-state index contributed by atoms with van der Waals surface area (Å²) in [6, 6.07) is 10.3. The lowest BCUT2D eigenvalue weighted by Crippen LogP contribution is -2.33. The highest BCUT2D eigenvalue weighted by molar-refractivity contribution is 9.09. The zero-order valence-electron chi connectivity index (χ0n) is 8.88. The van der Waals surface area contributed by atoms with E-state index < -0.39 is 0 Å². The smallest absolute Gasteiger partial charge is 0.0885 e. The van der Waals surface area contributed by atoms with Gasteiger partial charge in [-0.15, -0.1) is 11.6 Å². The predicted octanol–water partition coefficient (Wildman–Crippen LogP) is 3.64. The number of benzene rings is 1. The zero-order chi connectivity index (χ0) is 11.1. The van der Waals surface area contributed by atoms with Crippen LogP contribution in [0.15, 0.2) is 30.3 Å². The van der Waals surface area contributed by atoms with E-state index in [-0.39, 0.29) is 5.60 Å². The van der Waals surface area contributed by atoms with Crippen molar-refractivity contribution in [2.75, 3.05) is 17.8 Å². The number of halogens is 2. The second kappa shape index (κ2) is 6.51. The molecule has 1 aromatic rings. The lowest BCUT2D eigenvalue weighted by molar-refractivity contribution is 0.00644. The zero-order valence-corrected chi connectivity index (χ0v) is 11.2. The van der Waals surface area contributed by atoms with Gasteiger partial charge < -0.3 is 4.74 Å². The summed E-state index contributed by atoms with van der Waals surface area (Å²) in [7, 11) is 0. The van der Waals surface area contributed by atoms with Crippen molar-refractivity contribution in [1.82, 2.24) is 0 Å². The Bertz CT molecular complexity index is 272. The van der Waals surface area contributed by atoms with Gasteiger partial charge in [-0.25, -0.2) is 0 Å². The van der Waals surface area contributed by atoms with Crippen LogP contribution in [0.5, 0.6) is 0 Å². The van der Waals surface area contributed by atoms with Crippen LogP contribution in [0, 0.1) is 0 Å². The summed E-state index contributed by atoms with van der Waals surface area (Å²) >= 11 is 9.24. The van der Waals surface area contributed by atoms with Crippen LogP contribution in [0.2, 0.25) is 0 Å². The predicted molar refractivity (Wildman–Crippen MR) is 69.0 cm³/mol. The Labute approximate surface area is 105 Å². The highest BCUT2D eigenvalue weighted by Gasteiger charge is 2.21. The Balaban J connectivity index is 2.33. The summed E-state index contributed by atoms with van der Waals surface area (Å²) in [4.78, 5) is 0. The Morgan fingerprint density at radius 3 is 2.53 bits per heavy atom. The molecule has 0 aromatic heterocycles. The highest BCUT2D eigenvalue weighted by Crippen LogP contribution is 2.16. The summed E-state index contributed by atoms with van der Waals surface area (Å²) in [6.45, 7) is 2.72. The molecule has 15 heavy (non-hydrogen) atoms. The van der Waals surface area contributed by atoms with Crippen molar-refractivity contribution in [2.45, 2.75) is 18.9 Å². The second-order valence-corrected chi connectivity index (χ2v) is 4.63. The SMILES string of the molecule is CC(CCl)(CBr)OCCc1ccccc1. The summed E-state index contributed by atoms with van der Waals surface area (Å²) < 4.78 is 5.75. The fraction of sp³-hybridized carbons (Fsp3) is 0.500. The molecule has 0 aliphatic carbocycles. The van der Waals surface area contributed by atoms with Gasteiger partial charge in [0.05, 0.1) is 18.1 Å². The first-order valence-electron chi connectivity index (χ1n) is 5.00. The van der Waals surface area contributed by atoms with Crippen LogP contribution in [-0.2, 0) is 11.2 Å². The van der Waals surface area contributed by atoms with Crippen LogP contribution in [0.4, 0.5) is 0 Å². The molecule has 3 heteroatoms. The quantitative estimate of drug-likeness (QED) is 0.727. The highest BCUT2D eigenvalue weighted by atomic mass is 79.9. The van der Waals surface area contributed by atoms with E-state index in [2.05, 4.69) is 28.1 Å². The van der Waals surface area contributed by atoms with E-state index in [1.807, 2.05) is 25.1 Å². The molecule has 1 rings (SSSR count). The van der Waals surface area contributed by atoms with Gasteiger partial charge >= 0.3 is 0 Å². The molecule has 0 spiro atoms. The molecule has 1 atom stereocenters. The second-order valence-electron chi connectivity index (χ2n) is 3.80. The number of ether oxygens (including phenoxy) is 1. The monoisotopic (exact) mass is 290 g/mol. The van der Waals surface area contributed by atoms with Crippen molar-refractivity contribution < 1.29 is 4.74 Å². The van der Waals surface area contributed by atoms with E-state index in [1.54, 1.807) is 0 Å². The molecule has 84 valence electrons. The topological polar surface area (TPSA) is 9.23 Å². The minimum absolute atomic E-state index is 0.254. The number of hydrogen-bond donors (Lipinski definition) is 0. The third kappa shape index (κ3) is 4.54. The fourth-order valence-corrected chi connectivity index (χ4v) is 1.93. The Kier molecular flexibility index (Phi) is 5.65. The summed E-state index contributed by atoms with van der Waals surface area (Å²) in [6.07, 6.45) is 0.931. The normalized spacial score (nSPS) is 14.9. The van der Waals surface area contributed by atoms with E-state index in [4.69, 9.17) is 16.3 Å². The Morgan fingerprint density at radius 1 is 1.33 bits per heavy atom. The molecule has 1 aromatic carbocycles. The molecule has 0 saturated heterocycles. The molecule has 0 aliphatic rings. The Hall–Kier alpha value is -0.0500. The number of hydrogen-bond acceptors (Lipinski definition) is 1. The minimum Gasteiger partial charge on any atom is -0.373 e. The van der Waals surface area contributed by atoms with Gasteiger partial charge in [-0.2, -0.15) is 0 Å². The Morgan fingerprint density at radius 2 is 2.00 bits per heavy atom. The molecule has 0 aliphatic heterocycles. The first-order chi connectivity index (χ1) is 7.20. The maximum atomic E-state index is 5.84. The molecule has 0 fully saturated rings. The van der Waals surface area contributed by atoms with Crippen LogP contribution in [0.1, 0.15) is 12.5 Å². The maximum absolute atomic E-state index is 5.84. The van der Waals surface area contributed by atoms with Crippen molar-refractivity contribution in [1.29, 1.82) is 0 Å². The van der Waals surface area contributed by atoms with Crippen molar-refractivity contribution in [3.63, 3.8) is 0 Å². The van der Waals surface area contributed by atoms with Crippen LogP contribution in [0.3, 0.4) is 0 Å². The maximum Gasteiger partial charge on any atom is 0.0885 e. The van der Waals surface area contributed by atoms with Gasteiger partial charge in [0.15, 0.2) is 0 Å². The molecular weight excluding hydrogens is 275 g/mol. The molecule has 0 N–H and O–H groups in total. The van der Waals surface area contributed by atoms with Gasteiger partial charge in [0.25, 0.3) is 0 Å². The fourth-order valence-electron chi connectivity index (χ4n) is 1.17. The molecule has 0 radical (unpaired) electrons. The minimum atomic E-state index is -0.254. The van der Waals surface area contributed by atoms with E-state index in [0.717, 1.165) is 11.8 Å². The average molecular weight is 292 g/mol. The van der Waals surface area contributed by atoms with Crippen molar-refractivity contribution in [2.24, 2.45) is 0 Å². The van der Waals surface area contributed by atoms with E-state index in [1.165, 1.54) is 5.56 Å². The van der Waals surface area contributed by atoms with Gasteiger partial charge in [0.2, 0.25) is 0 Å². The van der Waals surface area contributed by atoms with E-state index >= 15 is 0 Å².